The van der Waals surface area contributed by atoms with Crippen LogP contribution in [0.1, 0.15) is 34.6 Å². The molecule has 7 heteroatoms. The molecular formula is C15H40N5Zr2-. The van der Waals surface area contributed by atoms with Gasteiger partial charge in [0, 0.05) is 26.2 Å². The average molecular weight is 473 g/mol. The van der Waals surface area contributed by atoms with E-state index in [-0.39, 0.29) is 52.4 Å². The van der Waals surface area contributed by atoms with E-state index in [0.29, 0.717) is 0 Å². The maximum Gasteiger partial charge on any atom is 4.00 e. The van der Waals surface area contributed by atoms with Gasteiger partial charge >= 0.3 is 26.2 Å². The van der Waals surface area contributed by atoms with Gasteiger partial charge in [0.15, 0.2) is 0 Å². The van der Waals surface area contributed by atoms with Gasteiger partial charge in [0.1, 0.15) is 0 Å². The van der Waals surface area contributed by atoms with E-state index in [2.05, 4.69) is 26.6 Å². The van der Waals surface area contributed by atoms with Gasteiger partial charge in [0.25, 0.3) is 0 Å². The fourth-order valence-corrected chi connectivity index (χ4v) is 0. The van der Waals surface area contributed by atoms with Crippen molar-refractivity contribution in [1.29, 1.82) is 0 Å². The normalized spacial score (nSPS) is 6.82. The summed E-state index contributed by atoms with van der Waals surface area (Å²) in [4.78, 5) is 0. The summed E-state index contributed by atoms with van der Waals surface area (Å²) in [5.74, 6) is 0. The van der Waals surface area contributed by atoms with Gasteiger partial charge < -0.3 is 26.6 Å². The van der Waals surface area contributed by atoms with Crippen molar-refractivity contribution < 1.29 is 52.4 Å². The SMILES string of the molecule is CC[N-]C.CC[N-]C.CC[N-]C.CC[N-]C.CC[N-]C.[Zr+4].[Zr]. The summed E-state index contributed by atoms with van der Waals surface area (Å²) >= 11 is 0. The van der Waals surface area contributed by atoms with Crippen LogP contribution < -0.4 is 0 Å². The van der Waals surface area contributed by atoms with E-state index in [0.717, 1.165) is 32.7 Å². The van der Waals surface area contributed by atoms with Crippen LogP contribution in [0.15, 0.2) is 0 Å². The molecule has 0 bridgehead atoms. The van der Waals surface area contributed by atoms with E-state index in [1.54, 1.807) is 35.2 Å². The van der Waals surface area contributed by atoms with E-state index < -0.39 is 0 Å². The van der Waals surface area contributed by atoms with Crippen molar-refractivity contribution in [3.63, 3.8) is 0 Å². The zero-order chi connectivity index (χ0) is 17.1. The van der Waals surface area contributed by atoms with Crippen LogP contribution in [0.2, 0.25) is 0 Å². The predicted octanol–water partition coefficient (Wildman–Crippen LogP) is 5.04. The van der Waals surface area contributed by atoms with E-state index >= 15 is 0 Å². The largest absolute Gasteiger partial charge is 4.00 e. The topological polar surface area (TPSA) is 70.5 Å². The van der Waals surface area contributed by atoms with E-state index in [9.17, 15) is 0 Å². The molecule has 134 valence electrons. The smallest absolute Gasteiger partial charge is 0.665 e. The monoisotopic (exact) mass is 470 g/mol. The van der Waals surface area contributed by atoms with Gasteiger partial charge in [0.2, 0.25) is 0 Å². The standard InChI is InChI=1S/5C3H8N.2Zr/c5*1-3-4-2;;/h5*3H2,1-2H3;;/q5*-1;;+4. The van der Waals surface area contributed by atoms with Crippen LogP contribution in [0.25, 0.3) is 26.6 Å². The first-order valence-electron chi connectivity index (χ1n) is 7.35. The molecule has 0 unspecified atom stereocenters. The fourth-order valence-electron chi connectivity index (χ4n) is 0. The molecule has 0 aliphatic carbocycles. The number of nitrogens with zero attached hydrogens (tertiary/aromatic N) is 5. The third kappa shape index (κ3) is 212. The van der Waals surface area contributed by atoms with Crippen LogP contribution >= 0.6 is 0 Å². The molecule has 0 aromatic carbocycles. The van der Waals surface area contributed by atoms with Gasteiger partial charge in [0.05, 0.1) is 0 Å². The van der Waals surface area contributed by atoms with E-state index in [4.69, 9.17) is 0 Å². The molecule has 0 N–H and O–H groups in total. The molecule has 0 aromatic rings. The van der Waals surface area contributed by atoms with Gasteiger partial charge in [-0.1, -0.05) is 34.6 Å². The van der Waals surface area contributed by atoms with Gasteiger partial charge in [-0.25, -0.2) is 0 Å². The molecule has 0 atom stereocenters. The summed E-state index contributed by atoms with van der Waals surface area (Å²) in [6, 6.07) is 0. The van der Waals surface area contributed by atoms with Crippen molar-refractivity contribution in [2.75, 3.05) is 68.0 Å². The Labute approximate surface area is 180 Å². The molecule has 0 saturated carbocycles. The van der Waals surface area contributed by atoms with E-state index in [1.807, 2.05) is 34.6 Å². The molecule has 0 fully saturated rings. The zero-order valence-corrected chi connectivity index (χ0v) is 21.7. The molecule has 0 aromatic heterocycles. The van der Waals surface area contributed by atoms with Crippen LogP contribution in [0.4, 0.5) is 0 Å². The Balaban J connectivity index is -0.0000000250. The van der Waals surface area contributed by atoms with Crippen molar-refractivity contribution in [2.45, 2.75) is 34.6 Å². The summed E-state index contributed by atoms with van der Waals surface area (Å²) in [5.41, 5.74) is 0. The van der Waals surface area contributed by atoms with Crippen molar-refractivity contribution in [3.8, 4) is 0 Å². The third-order valence-electron chi connectivity index (χ3n) is 1.58. The van der Waals surface area contributed by atoms with Crippen LogP contribution in [0, 0.1) is 0 Å². The Bertz CT molecular complexity index is 59.1. The predicted molar refractivity (Wildman–Crippen MR) is 99.1 cm³/mol. The first-order valence-corrected chi connectivity index (χ1v) is 7.35. The molecule has 0 spiro atoms. The minimum atomic E-state index is 0. The Morgan fingerprint density at radius 3 is 0.455 bits per heavy atom. The third-order valence-corrected chi connectivity index (χ3v) is 1.58. The molecule has 0 aliphatic rings. The van der Waals surface area contributed by atoms with Gasteiger partial charge in [-0.05, 0) is 0 Å². The van der Waals surface area contributed by atoms with Crippen molar-refractivity contribution in [3.05, 3.63) is 26.6 Å². The second-order valence-electron chi connectivity index (χ2n) is 3.16. The molecule has 0 rings (SSSR count). The molecule has 5 nitrogen and oxygen atoms in total. The second-order valence-corrected chi connectivity index (χ2v) is 3.16. The Hall–Kier alpha value is 1.57. The van der Waals surface area contributed by atoms with Crippen LogP contribution in [0.5, 0.6) is 0 Å². The molecule has 0 saturated heterocycles. The molecule has 0 aliphatic heterocycles. The first-order chi connectivity index (χ1) is 9.57. The summed E-state index contributed by atoms with van der Waals surface area (Å²) in [6.07, 6.45) is 0. The maximum atomic E-state index is 3.74. The number of hydrogen-bond donors (Lipinski definition) is 0. The molecule has 0 amide bonds. The molecule has 0 heterocycles. The summed E-state index contributed by atoms with van der Waals surface area (Å²) in [6.45, 7) is 14.8. The Kier molecular flexibility index (Phi) is 156. The van der Waals surface area contributed by atoms with E-state index in [1.165, 1.54) is 0 Å². The van der Waals surface area contributed by atoms with Crippen molar-refractivity contribution >= 4 is 0 Å². The zero-order valence-electron chi connectivity index (χ0n) is 16.8. The molecule has 22 heavy (non-hydrogen) atoms. The number of hydrogen-bond acceptors (Lipinski definition) is 0. The van der Waals surface area contributed by atoms with Crippen molar-refractivity contribution in [1.82, 2.24) is 0 Å². The quantitative estimate of drug-likeness (QED) is 0.537. The minimum absolute atomic E-state index is 0. The van der Waals surface area contributed by atoms with Gasteiger partial charge in [-0.2, -0.15) is 68.0 Å². The Morgan fingerprint density at radius 1 is 0.409 bits per heavy atom. The van der Waals surface area contributed by atoms with Crippen molar-refractivity contribution in [2.24, 2.45) is 0 Å². The van der Waals surface area contributed by atoms with Crippen LogP contribution in [-0.4, -0.2) is 68.0 Å². The maximum absolute atomic E-state index is 3.74. The fraction of sp³-hybridized carbons (Fsp3) is 1.00. The molecule has 0 radical (unpaired) electrons. The summed E-state index contributed by atoms with van der Waals surface area (Å²) < 4.78 is 0. The summed E-state index contributed by atoms with van der Waals surface area (Å²) in [7, 11) is 9.03. The summed E-state index contributed by atoms with van der Waals surface area (Å²) in [5, 5.41) is 18.7. The second kappa shape index (κ2) is 78.5. The van der Waals surface area contributed by atoms with Gasteiger partial charge in [-0.3, -0.25) is 0 Å². The minimum Gasteiger partial charge on any atom is -0.665 e. The van der Waals surface area contributed by atoms with Gasteiger partial charge in [-0.15, -0.1) is 0 Å². The first kappa shape index (κ1) is 43.7. The molecular weight excluding hydrogens is 433 g/mol. The Morgan fingerprint density at radius 2 is 0.455 bits per heavy atom. The van der Waals surface area contributed by atoms with Crippen LogP contribution in [0.3, 0.4) is 0 Å². The van der Waals surface area contributed by atoms with Crippen LogP contribution in [-0.2, 0) is 52.4 Å². The average Bonchev–Trinajstić information content (AvgIpc) is 2.55. The number of rotatable bonds is 5.